The Kier molecular flexibility index (Phi) is 5.83. The summed E-state index contributed by atoms with van der Waals surface area (Å²) in [5.41, 5.74) is -0.0793. The van der Waals surface area contributed by atoms with E-state index in [0.717, 1.165) is 0 Å². The van der Waals surface area contributed by atoms with E-state index in [2.05, 4.69) is 6.07 Å². The van der Waals surface area contributed by atoms with Crippen LogP contribution in [0.2, 0.25) is 0 Å². The van der Waals surface area contributed by atoms with Crippen molar-refractivity contribution in [3.05, 3.63) is 23.8 Å². The van der Waals surface area contributed by atoms with Crippen molar-refractivity contribution in [2.45, 2.75) is 52.7 Å². The molecule has 1 aromatic carbocycles. The van der Waals surface area contributed by atoms with Gasteiger partial charge in [0.2, 0.25) is 0 Å². The maximum absolute atomic E-state index is 12.9. The Morgan fingerprint density at radius 1 is 1.12 bits per heavy atom. The van der Waals surface area contributed by atoms with Gasteiger partial charge in [-0.3, -0.25) is 4.57 Å². The first kappa shape index (κ1) is 20.2. The molecule has 8 heteroatoms. The maximum Gasteiger partial charge on any atom is 0.496 e. The van der Waals surface area contributed by atoms with Gasteiger partial charge in [-0.1, -0.05) is 6.07 Å². The van der Waals surface area contributed by atoms with Crippen LogP contribution in [0.25, 0.3) is 0 Å². The van der Waals surface area contributed by atoms with Gasteiger partial charge in [0, 0.05) is 5.46 Å². The molecule has 1 saturated heterocycles. The van der Waals surface area contributed by atoms with Crippen molar-refractivity contribution >= 4 is 25.5 Å². The van der Waals surface area contributed by atoms with Crippen molar-refractivity contribution in [2.24, 2.45) is 0 Å². The SMILES string of the molecule is CCOP(=O)(OCC)c1ccc(B2OC(C)(C)C(C)(C)O2)c(C#N)c1. The van der Waals surface area contributed by atoms with Crippen LogP contribution in [0.1, 0.15) is 47.1 Å². The van der Waals surface area contributed by atoms with Gasteiger partial charge in [0.15, 0.2) is 0 Å². The van der Waals surface area contributed by atoms with Gasteiger partial charge in [0.25, 0.3) is 0 Å². The predicted octanol–water partition coefficient (Wildman–Crippen LogP) is 2.75. The first-order valence-electron chi connectivity index (χ1n) is 8.39. The molecular weight excluding hydrogens is 340 g/mol. The second kappa shape index (κ2) is 7.22. The van der Waals surface area contributed by atoms with Crippen molar-refractivity contribution in [3.63, 3.8) is 0 Å². The fraction of sp³-hybridized carbons (Fsp3) is 0.588. The number of nitrogens with zero attached hydrogens (tertiary/aromatic N) is 1. The number of hydrogen-bond donors (Lipinski definition) is 0. The Labute approximate surface area is 150 Å². The van der Waals surface area contributed by atoms with E-state index < -0.39 is 25.9 Å². The fourth-order valence-corrected chi connectivity index (χ4v) is 4.11. The summed E-state index contributed by atoms with van der Waals surface area (Å²) >= 11 is 0. The molecule has 1 aromatic rings. The van der Waals surface area contributed by atoms with Crippen LogP contribution in [0.3, 0.4) is 0 Å². The van der Waals surface area contributed by atoms with E-state index in [1.807, 2.05) is 27.7 Å². The molecule has 1 heterocycles. The summed E-state index contributed by atoms with van der Waals surface area (Å²) in [6, 6.07) is 7.01. The van der Waals surface area contributed by atoms with Gasteiger partial charge in [-0.25, -0.2) is 0 Å². The third-order valence-electron chi connectivity index (χ3n) is 4.58. The smallest absolute Gasteiger partial charge is 0.399 e. The summed E-state index contributed by atoms with van der Waals surface area (Å²) in [6.07, 6.45) is 0. The molecule has 0 amide bonds. The molecule has 0 radical (unpaired) electrons. The van der Waals surface area contributed by atoms with Crippen molar-refractivity contribution in [3.8, 4) is 6.07 Å². The van der Waals surface area contributed by atoms with E-state index in [1.165, 1.54) is 6.07 Å². The van der Waals surface area contributed by atoms with Gasteiger partial charge >= 0.3 is 14.7 Å². The van der Waals surface area contributed by atoms with Gasteiger partial charge in [0.1, 0.15) is 0 Å². The lowest BCUT2D eigenvalue weighted by molar-refractivity contribution is 0.00578. The van der Waals surface area contributed by atoms with Crippen LogP contribution in [0.5, 0.6) is 0 Å². The van der Waals surface area contributed by atoms with E-state index in [-0.39, 0.29) is 13.2 Å². The molecule has 0 bridgehead atoms. The highest BCUT2D eigenvalue weighted by molar-refractivity contribution is 7.62. The standard InChI is InChI=1S/C17H25BNO5P/c1-7-21-25(20,22-8-2)14-9-10-15(13(11-14)12-19)18-23-16(3,4)17(5,6)24-18/h9-11H,7-8H2,1-6H3. The van der Waals surface area contributed by atoms with Crippen LogP contribution in [0.15, 0.2) is 18.2 Å². The Hall–Kier alpha value is -1.16. The van der Waals surface area contributed by atoms with E-state index in [9.17, 15) is 9.83 Å². The van der Waals surface area contributed by atoms with Crippen molar-refractivity contribution in [1.82, 2.24) is 0 Å². The van der Waals surface area contributed by atoms with Crippen LogP contribution in [-0.4, -0.2) is 31.5 Å². The first-order chi connectivity index (χ1) is 11.6. The third kappa shape index (κ3) is 3.84. The molecule has 136 valence electrons. The summed E-state index contributed by atoms with van der Waals surface area (Å²) in [4.78, 5) is 0. The number of benzene rings is 1. The zero-order chi connectivity index (χ0) is 18.9. The summed E-state index contributed by atoms with van der Waals surface area (Å²) in [7, 11) is -4.11. The summed E-state index contributed by atoms with van der Waals surface area (Å²) < 4.78 is 35.6. The van der Waals surface area contributed by atoms with E-state index in [4.69, 9.17) is 18.4 Å². The van der Waals surface area contributed by atoms with Crippen LogP contribution < -0.4 is 10.8 Å². The van der Waals surface area contributed by atoms with Gasteiger partial charge < -0.3 is 18.4 Å². The molecule has 0 spiro atoms. The average Bonchev–Trinajstić information content (AvgIpc) is 2.75. The Morgan fingerprint density at radius 2 is 1.64 bits per heavy atom. The van der Waals surface area contributed by atoms with Crippen molar-refractivity contribution < 1.29 is 22.9 Å². The zero-order valence-corrected chi connectivity index (χ0v) is 16.6. The van der Waals surface area contributed by atoms with E-state index in [0.29, 0.717) is 16.3 Å². The minimum Gasteiger partial charge on any atom is -0.399 e. The zero-order valence-electron chi connectivity index (χ0n) is 15.7. The molecular formula is C17H25BNO5P. The van der Waals surface area contributed by atoms with Crippen LogP contribution >= 0.6 is 7.60 Å². The molecule has 0 aliphatic carbocycles. The van der Waals surface area contributed by atoms with Gasteiger partial charge in [-0.15, -0.1) is 0 Å². The molecule has 2 rings (SSSR count). The van der Waals surface area contributed by atoms with Crippen LogP contribution in [-0.2, 0) is 22.9 Å². The van der Waals surface area contributed by atoms with Crippen molar-refractivity contribution in [2.75, 3.05) is 13.2 Å². The highest BCUT2D eigenvalue weighted by Gasteiger charge is 2.52. The molecule has 0 saturated carbocycles. The second-order valence-corrected chi connectivity index (χ2v) is 8.83. The number of nitriles is 1. The molecule has 25 heavy (non-hydrogen) atoms. The molecule has 1 aliphatic rings. The Bertz CT molecular complexity index is 702. The quantitative estimate of drug-likeness (QED) is 0.570. The molecule has 0 N–H and O–H groups in total. The summed E-state index contributed by atoms with van der Waals surface area (Å²) in [5, 5.41) is 9.91. The van der Waals surface area contributed by atoms with E-state index >= 15 is 0 Å². The molecule has 0 atom stereocenters. The molecule has 1 aliphatic heterocycles. The monoisotopic (exact) mass is 365 g/mol. The number of rotatable bonds is 6. The lowest BCUT2D eigenvalue weighted by Gasteiger charge is -2.32. The molecule has 0 unspecified atom stereocenters. The molecule has 1 fully saturated rings. The minimum atomic E-state index is -3.45. The van der Waals surface area contributed by atoms with Crippen LogP contribution in [0, 0.1) is 11.3 Å². The highest BCUT2D eigenvalue weighted by Crippen LogP contribution is 2.46. The van der Waals surface area contributed by atoms with Gasteiger partial charge in [0.05, 0.1) is 41.4 Å². The Balaban J connectivity index is 2.42. The van der Waals surface area contributed by atoms with Crippen LogP contribution in [0.4, 0.5) is 0 Å². The number of hydrogen-bond acceptors (Lipinski definition) is 6. The lowest BCUT2D eigenvalue weighted by atomic mass is 9.76. The minimum absolute atomic E-state index is 0.248. The van der Waals surface area contributed by atoms with Gasteiger partial charge in [-0.2, -0.15) is 5.26 Å². The van der Waals surface area contributed by atoms with Crippen molar-refractivity contribution in [1.29, 1.82) is 5.26 Å². The summed E-state index contributed by atoms with van der Waals surface area (Å²) in [5.74, 6) is 0. The van der Waals surface area contributed by atoms with Gasteiger partial charge in [-0.05, 0) is 53.7 Å². The first-order valence-corrected chi connectivity index (χ1v) is 9.94. The molecule has 6 nitrogen and oxygen atoms in total. The Morgan fingerprint density at radius 3 is 2.08 bits per heavy atom. The average molecular weight is 365 g/mol. The topological polar surface area (TPSA) is 77.8 Å². The second-order valence-electron chi connectivity index (χ2n) is 6.80. The van der Waals surface area contributed by atoms with E-state index in [1.54, 1.807) is 26.0 Å². The summed E-state index contributed by atoms with van der Waals surface area (Å²) in [6.45, 7) is 11.8. The normalized spacial score (nSPS) is 19.0. The molecule has 0 aromatic heterocycles. The maximum atomic E-state index is 12.9. The largest absolute Gasteiger partial charge is 0.496 e. The highest BCUT2D eigenvalue weighted by atomic mass is 31.2. The predicted molar refractivity (Wildman–Crippen MR) is 97.4 cm³/mol. The third-order valence-corrected chi connectivity index (χ3v) is 6.69. The fourth-order valence-electron chi connectivity index (χ4n) is 2.51. The lowest BCUT2D eigenvalue weighted by Crippen LogP contribution is -2.41.